The zero-order valence-corrected chi connectivity index (χ0v) is 16.8. The van der Waals surface area contributed by atoms with Crippen molar-refractivity contribution in [2.24, 2.45) is 17.8 Å². The Morgan fingerprint density at radius 3 is 2.44 bits per heavy atom. The minimum atomic E-state index is -0.493. The first-order chi connectivity index (χ1) is 12.7. The molecule has 0 spiro atoms. The maximum atomic E-state index is 12.5. The molecule has 3 unspecified atom stereocenters. The van der Waals surface area contributed by atoms with Crippen molar-refractivity contribution in [3.8, 4) is 5.75 Å². The summed E-state index contributed by atoms with van der Waals surface area (Å²) in [6, 6.07) is 7.77. The second kappa shape index (κ2) is 7.41. The van der Waals surface area contributed by atoms with Gasteiger partial charge in [-0.15, -0.1) is 0 Å². The van der Waals surface area contributed by atoms with Gasteiger partial charge in [0.05, 0.1) is 6.04 Å². The third-order valence-electron chi connectivity index (χ3n) is 5.12. The minimum absolute atomic E-state index is 0.00426. The molecule has 0 aromatic heterocycles. The van der Waals surface area contributed by atoms with Crippen LogP contribution in [0, 0.1) is 24.7 Å². The molecular formula is C21H30N2O4. The highest BCUT2D eigenvalue weighted by Crippen LogP contribution is 2.52. The number of nitrogens with zero attached hydrogens (tertiary/aromatic N) is 1. The topological polar surface area (TPSA) is 67.9 Å². The average molecular weight is 374 g/mol. The third kappa shape index (κ3) is 4.73. The molecule has 1 aromatic carbocycles. The molecular weight excluding hydrogens is 344 g/mol. The molecule has 27 heavy (non-hydrogen) atoms. The Hall–Kier alpha value is -2.24. The summed E-state index contributed by atoms with van der Waals surface area (Å²) >= 11 is 0. The molecule has 1 aromatic rings. The van der Waals surface area contributed by atoms with E-state index in [0.717, 1.165) is 11.3 Å². The van der Waals surface area contributed by atoms with Crippen LogP contribution in [0.2, 0.25) is 0 Å². The lowest BCUT2D eigenvalue weighted by molar-refractivity contribution is -0.124. The summed E-state index contributed by atoms with van der Waals surface area (Å²) < 4.78 is 11.2. The SMILES string of the molecule is Cc1ccccc1OCC(C)NC(=O)C1C2CN(C(=O)OC(C)(C)C)CC21. The van der Waals surface area contributed by atoms with Crippen molar-refractivity contribution in [1.29, 1.82) is 0 Å². The number of ether oxygens (including phenoxy) is 2. The molecule has 1 saturated carbocycles. The van der Waals surface area contributed by atoms with Crippen molar-refractivity contribution in [1.82, 2.24) is 10.2 Å². The highest BCUT2D eigenvalue weighted by atomic mass is 16.6. The fourth-order valence-electron chi connectivity index (χ4n) is 3.70. The van der Waals surface area contributed by atoms with E-state index in [1.165, 1.54) is 0 Å². The smallest absolute Gasteiger partial charge is 0.410 e. The van der Waals surface area contributed by atoms with E-state index in [4.69, 9.17) is 9.47 Å². The van der Waals surface area contributed by atoms with E-state index in [9.17, 15) is 9.59 Å². The van der Waals surface area contributed by atoms with Crippen molar-refractivity contribution in [2.45, 2.75) is 46.3 Å². The molecule has 2 fully saturated rings. The van der Waals surface area contributed by atoms with Gasteiger partial charge in [-0.25, -0.2) is 4.79 Å². The van der Waals surface area contributed by atoms with E-state index in [2.05, 4.69) is 5.32 Å². The number of piperidine rings is 1. The summed E-state index contributed by atoms with van der Waals surface area (Å²) in [5, 5.41) is 3.04. The zero-order valence-electron chi connectivity index (χ0n) is 16.8. The van der Waals surface area contributed by atoms with Crippen LogP contribution in [0.4, 0.5) is 4.79 Å². The predicted molar refractivity (Wildman–Crippen MR) is 103 cm³/mol. The van der Waals surface area contributed by atoms with Crippen LogP contribution in [-0.4, -0.2) is 48.2 Å². The summed E-state index contributed by atoms with van der Waals surface area (Å²) in [5.74, 6) is 1.42. The summed E-state index contributed by atoms with van der Waals surface area (Å²) in [5.41, 5.74) is 0.586. The number of hydrogen-bond acceptors (Lipinski definition) is 4. The van der Waals surface area contributed by atoms with Crippen LogP contribution in [0.1, 0.15) is 33.3 Å². The highest BCUT2D eigenvalue weighted by Gasteiger charge is 2.60. The van der Waals surface area contributed by atoms with E-state index in [1.54, 1.807) is 4.90 Å². The van der Waals surface area contributed by atoms with Gasteiger partial charge in [-0.2, -0.15) is 0 Å². The number of benzene rings is 1. The Morgan fingerprint density at radius 1 is 1.22 bits per heavy atom. The quantitative estimate of drug-likeness (QED) is 0.860. The number of rotatable bonds is 5. The van der Waals surface area contributed by atoms with Crippen molar-refractivity contribution in [2.75, 3.05) is 19.7 Å². The monoisotopic (exact) mass is 374 g/mol. The molecule has 3 atom stereocenters. The Kier molecular flexibility index (Phi) is 5.36. The first-order valence-electron chi connectivity index (χ1n) is 9.62. The Bertz CT molecular complexity index is 700. The molecule has 0 radical (unpaired) electrons. The lowest BCUT2D eigenvalue weighted by atomic mass is 10.2. The molecule has 6 heteroatoms. The van der Waals surface area contributed by atoms with Gasteiger partial charge in [0.15, 0.2) is 0 Å². The molecule has 2 amide bonds. The normalized spacial score (nSPS) is 24.8. The number of para-hydroxylation sites is 1. The fraction of sp³-hybridized carbons (Fsp3) is 0.619. The second-order valence-electron chi connectivity index (χ2n) is 8.72. The van der Waals surface area contributed by atoms with Crippen molar-refractivity contribution in [3.05, 3.63) is 29.8 Å². The van der Waals surface area contributed by atoms with Crippen LogP contribution in [0.25, 0.3) is 0 Å². The van der Waals surface area contributed by atoms with Crippen LogP contribution in [0.5, 0.6) is 5.75 Å². The summed E-state index contributed by atoms with van der Waals surface area (Å²) in [4.78, 5) is 26.3. The van der Waals surface area contributed by atoms with Crippen molar-refractivity contribution >= 4 is 12.0 Å². The largest absolute Gasteiger partial charge is 0.491 e. The molecule has 0 bridgehead atoms. The standard InChI is InChI=1S/C21H30N2O4/c1-13-8-6-7-9-17(13)26-12-14(2)22-19(24)18-15-10-23(11-16(15)18)20(25)27-21(3,4)5/h6-9,14-16,18H,10-12H2,1-5H3,(H,22,24). The number of nitrogens with one attached hydrogen (secondary N) is 1. The van der Waals surface area contributed by atoms with Crippen LogP contribution < -0.4 is 10.1 Å². The van der Waals surface area contributed by atoms with E-state index >= 15 is 0 Å². The predicted octanol–water partition coefficient (Wildman–Crippen LogP) is 2.99. The molecule has 1 N–H and O–H groups in total. The first-order valence-corrected chi connectivity index (χ1v) is 9.62. The van der Waals surface area contributed by atoms with E-state index in [-0.39, 0.29) is 35.8 Å². The fourth-order valence-corrected chi connectivity index (χ4v) is 3.70. The maximum Gasteiger partial charge on any atom is 0.410 e. The van der Waals surface area contributed by atoms with Gasteiger partial charge < -0.3 is 19.7 Å². The maximum absolute atomic E-state index is 12.5. The molecule has 6 nitrogen and oxygen atoms in total. The van der Waals surface area contributed by atoms with Gasteiger partial charge in [-0.05, 0) is 58.1 Å². The van der Waals surface area contributed by atoms with Crippen LogP contribution >= 0.6 is 0 Å². The highest BCUT2D eigenvalue weighted by molar-refractivity contribution is 5.83. The Balaban J connectivity index is 1.41. The van der Waals surface area contributed by atoms with Gasteiger partial charge in [0.1, 0.15) is 18.0 Å². The number of aryl methyl sites for hydroxylation is 1. The molecule has 1 saturated heterocycles. The van der Waals surface area contributed by atoms with Crippen molar-refractivity contribution < 1.29 is 19.1 Å². The van der Waals surface area contributed by atoms with Gasteiger partial charge in [0, 0.05) is 19.0 Å². The van der Waals surface area contributed by atoms with Gasteiger partial charge in [0.25, 0.3) is 0 Å². The van der Waals surface area contributed by atoms with Gasteiger partial charge in [-0.3, -0.25) is 4.79 Å². The lowest BCUT2D eigenvalue weighted by Crippen LogP contribution is -2.41. The second-order valence-corrected chi connectivity index (χ2v) is 8.72. The number of carbonyl (C=O) groups excluding carboxylic acids is 2. The summed E-state index contributed by atoms with van der Waals surface area (Å²) in [6.07, 6.45) is -0.283. The Labute approximate surface area is 161 Å². The molecule has 1 heterocycles. The van der Waals surface area contributed by atoms with Crippen LogP contribution in [0.15, 0.2) is 24.3 Å². The number of hydrogen-bond donors (Lipinski definition) is 1. The van der Waals surface area contributed by atoms with E-state index in [0.29, 0.717) is 19.7 Å². The summed E-state index contributed by atoms with van der Waals surface area (Å²) in [6.45, 7) is 11.2. The molecule has 2 aliphatic rings. The van der Waals surface area contributed by atoms with Crippen molar-refractivity contribution in [3.63, 3.8) is 0 Å². The molecule has 148 valence electrons. The van der Waals surface area contributed by atoms with Crippen LogP contribution in [0.3, 0.4) is 0 Å². The summed E-state index contributed by atoms with van der Waals surface area (Å²) in [7, 11) is 0. The van der Waals surface area contributed by atoms with Gasteiger partial charge >= 0.3 is 6.09 Å². The molecule has 3 rings (SSSR count). The van der Waals surface area contributed by atoms with E-state index in [1.807, 2.05) is 58.9 Å². The minimum Gasteiger partial charge on any atom is -0.491 e. The van der Waals surface area contributed by atoms with E-state index < -0.39 is 5.60 Å². The number of fused-ring (bicyclic) bond motifs is 1. The van der Waals surface area contributed by atoms with Gasteiger partial charge in [-0.1, -0.05) is 18.2 Å². The average Bonchev–Trinajstić information content (AvgIpc) is 3.07. The number of carbonyl (C=O) groups is 2. The zero-order chi connectivity index (χ0) is 19.8. The lowest BCUT2D eigenvalue weighted by Gasteiger charge is -2.26. The number of likely N-dealkylation sites (tertiary alicyclic amines) is 1. The third-order valence-corrected chi connectivity index (χ3v) is 5.12. The van der Waals surface area contributed by atoms with Crippen LogP contribution in [-0.2, 0) is 9.53 Å². The Morgan fingerprint density at radius 2 is 1.85 bits per heavy atom. The van der Waals surface area contributed by atoms with Gasteiger partial charge in [0.2, 0.25) is 5.91 Å². The molecule has 1 aliphatic carbocycles. The number of amides is 2. The molecule has 1 aliphatic heterocycles. The first kappa shape index (κ1) is 19.5.